The number of anilines is 1. The van der Waals surface area contributed by atoms with Crippen LogP contribution in [0.3, 0.4) is 0 Å². The average Bonchev–Trinajstić information content (AvgIpc) is 3.01. The molecule has 0 unspecified atom stereocenters. The molecule has 2 fully saturated rings. The van der Waals surface area contributed by atoms with E-state index in [0.29, 0.717) is 10.6 Å². The fourth-order valence-corrected chi connectivity index (χ4v) is 2.29. The summed E-state index contributed by atoms with van der Waals surface area (Å²) < 4.78 is 0. The Kier molecular flexibility index (Phi) is 2.07. The second-order valence-electron chi connectivity index (χ2n) is 4.25. The minimum Gasteiger partial charge on any atom is -0.333 e. The normalized spacial score (nSPS) is 23.1. The maximum atomic E-state index is 5.78. The lowest BCUT2D eigenvalue weighted by Gasteiger charge is -2.36. The summed E-state index contributed by atoms with van der Waals surface area (Å²) in [6, 6.07) is 0. The predicted octanol–water partition coefficient (Wildman–Crippen LogP) is 1.07. The Morgan fingerprint density at radius 1 is 1.33 bits per heavy atom. The van der Waals surface area contributed by atoms with Crippen molar-refractivity contribution in [3.05, 3.63) is 17.4 Å². The predicted molar refractivity (Wildman–Crippen MR) is 59.2 cm³/mol. The summed E-state index contributed by atoms with van der Waals surface area (Å²) in [6.07, 6.45) is 5.82. The molecule has 3 rings (SSSR count). The average molecular weight is 225 g/mol. The van der Waals surface area contributed by atoms with E-state index in [4.69, 9.17) is 11.6 Å². The molecule has 1 aromatic heterocycles. The Hall–Kier alpha value is -0.870. The van der Waals surface area contributed by atoms with E-state index in [9.17, 15) is 0 Å². The molecule has 4 nitrogen and oxygen atoms in total. The molecule has 1 saturated carbocycles. The van der Waals surface area contributed by atoms with E-state index < -0.39 is 0 Å². The molecule has 1 aromatic rings. The molecular formula is C10H13ClN4. The van der Waals surface area contributed by atoms with E-state index in [1.54, 1.807) is 12.4 Å². The quantitative estimate of drug-likeness (QED) is 0.775. The van der Waals surface area contributed by atoms with E-state index in [1.807, 2.05) is 0 Å². The van der Waals surface area contributed by atoms with Gasteiger partial charge in [0, 0.05) is 19.6 Å². The summed E-state index contributed by atoms with van der Waals surface area (Å²) >= 11 is 5.78. The van der Waals surface area contributed by atoms with Crippen molar-refractivity contribution in [2.45, 2.75) is 18.4 Å². The number of nitrogens with zero attached hydrogens (tertiary/aromatic N) is 3. The highest BCUT2D eigenvalue weighted by molar-refractivity contribution is 6.30. The van der Waals surface area contributed by atoms with Gasteiger partial charge in [-0.15, -0.1) is 0 Å². The third-order valence-corrected chi connectivity index (χ3v) is 3.41. The Labute approximate surface area is 93.7 Å². The van der Waals surface area contributed by atoms with Gasteiger partial charge in [-0.05, 0) is 12.8 Å². The largest absolute Gasteiger partial charge is 0.333 e. The van der Waals surface area contributed by atoms with Crippen LogP contribution in [0.5, 0.6) is 0 Å². The summed E-state index contributed by atoms with van der Waals surface area (Å²) in [5, 5.41) is 4.02. The highest BCUT2D eigenvalue weighted by atomic mass is 35.5. The van der Waals surface area contributed by atoms with Crippen molar-refractivity contribution >= 4 is 17.5 Å². The number of piperazine rings is 1. The monoisotopic (exact) mass is 224 g/mol. The molecule has 0 atom stereocenters. The summed E-state index contributed by atoms with van der Waals surface area (Å²) in [5.41, 5.74) is 0.298. The standard InChI is InChI=1S/C10H13ClN4/c11-8-5-13-9(14-6-8)15-4-3-12-7-10(15)1-2-10/h5-6,12H,1-4,7H2. The number of nitrogens with one attached hydrogen (secondary N) is 1. The zero-order valence-electron chi connectivity index (χ0n) is 8.41. The van der Waals surface area contributed by atoms with Crippen LogP contribution in [0.15, 0.2) is 12.4 Å². The highest BCUT2D eigenvalue weighted by Gasteiger charge is 2.50. The Bertz CT molecular complexity index is 360. The maximum absolute atomic E-state index is 5.78. The molecule has 1 N–H and O–H groups in total. The van der Waals surface area contributed by atoms with Crippen LogP contribution >= 0.6 is 11.6 Å². The van der Waals surface area contributed by atoms with Gasteiger partial charge in [-0.1, -0.05) is 11.6 Å². The van der Waals surface area contributed by atoms with Gasteiger partial charge < -0.3 is 10.2 Å². The second-order valence-corrected chi connectivity index (χ2v) is 4.69. The van der Waals surface area contributed by atoms with E-state index in [2.05, 4.69) is 20.2 Å². The number of hydrogen-bond acceptors (Lipinski definition) is 4. The Morgan fingerprint density at radius 2 is 2.07 bits per heavy atom. The maximum Gasteiger partial charge on any atom is 0.225 e. The molecule has 0 aromatic carbocycles. The van der Waals surface area contributed by atoms with Crippen molar-refractivity contribution in [3.63, 3.8) is 0 Å². The molecule has 0 radical (unpaired) electrons. The van der Waals surface area contributed by atoms with Gasteiger partial charge >= 0.3 is 0 Å². The van der Waals surface area contributed by atoms with E-state index in [-0.39, 0.29) is 0 Å². The van der Waals surface area contributed by atoms with Gasteiger partial charge in [-0.3, -0.25) is 0 Å². The van der Waals surface area contributed by atoms with Crippen LogP contribution < -0.4 is 10.2 Å². The van der Waals surface area contributed by atoms with Crippen molar-refractivity contribution in [1.82, 2.24) is 15.3 Å². The molecule has 80 valence electrons. The molecule has 1 aliphatic heterocycles. The molecule has 5 heteroatoms. The molecule has 0 amide bonds. The first kappa shape index (κ1) is 9.36. The third-order valence-electron chi connectivity index (χ3n) is 3.21. The smallest absolute Gasteiger partial charge is 0.225 e. The van der Waals surface area contributed by atoms with Gasteiger partial charge in [0.2, 0.25) is 5.95 Å². The van der Waals surface area contributed by atoms with Crippen LogP contribution in [-0.2, 0) is 0 Å². The first-order chi connectivity index (χ1) is 7.30. The summed E-state index contributed by atoms with van der Waals surface area (Å²) in [4.78, 5) is 10.9. The highest BCUT2D eigenvalue weighted by Crippen LogP contribution is 2.43. The zero-order chi connectivity index (χ0) is 10.3. The summed E-state index contributed by atoms with van der Waals surface area (Å²) in [6.45, 7) is 3.05. The first-order valence-electron chi connectivity index (χ1n) is 5.26. The minimum atomic E-state index is 0.298. The summed E-state index contributed by atoms with van der Waals surface area (Å²) in [7, 11) is 0. The van der Waals surface area contributed by atoms with Crippen molar-refractivity contribution in [2.75, 3.05) is 24.5 Å². The van der Waals surface area contributed by atoms with Gasteiger partial charge in [0.05, 0.1) is 23.0 Å². The fraction of sp³-hybridized carbons (Fsp3) is 0.600. The van der Waals surface area contributed by atoms with Crippen LogP contribution in [0.25, 0.3) is 0 Å². The lowest BCUT2D eigenvalue weighted by atomic mass is 10.2. The Balaban J connectivity index is 1.89. The van der Waals surface area contributed by atoms with Gasteiger partial charge in [-0.25, -0.2) is 9.97 Å². The molecule has 1 spiro atoms. The Morgan fingerprint density at radius 3 is 2.73 bits per heavy atom. The molecule has 15 heavy (non-hydrogen) atoms. The molecule has 1 saturated heterocycles. The summed E-state index contributed by atoms with van der Waals surface area (Å²) in [5.74, 6) is 0.818. The SMILES string of the molecule is Clc1cnc(N2CCNCC23CC3)nc1. The third kappa shape index (κ3) is 1.58. The molecule has 2 heterocycles. The molecular weight excluding hydrogens is 212 g/mol. The van der Waals surface area contributed by atoms with Crippen LogP contribution in [0, 0.1) is 0 Å². The second kappa shape index (κ2) is 3.32. The number of aromatic nitrogens is 2. The lowest BCUT2D eigenvalue weighted by molar-refractivity contribution is 0.456. The fourth-order valence-electron chi connectivity index (χ4n) is 2.19. The van der Waals surface area contributed by atoms with Crippen molar-refractivity contribution in [1.29, 1.82) is 0 Å². The topological polar surface area (TPSA) is 41.1 Å². The van der Waals surface area contributed by atoms with Crippen LogP contribution in [-0.4, -0.2) is 35.1 Å². The van der Waals surface area contributed by atoms with E-state index in [0.717, 1.165) is 25.6 Å². The number of rotatable bonds is 1. The van der Waals surface area contributed by atoms with E-state index in [1.165, 1.54) is 12.8 Å². The van der Waals surface area contributed by atoms with Crippen molar-refractivity contribution < 1.29 is 0 Å². The van der Waals surface area contributed by atoms with Gasteiger partial charge in [0.1, 0.15) is 0 Å². The van der Waals surface area contributed by atoms with Crippen LogP contribution in [0.2, 0.25) is 5.02 Å². The zero-order valence-corrected chi connectivity index (χ0v) is 9.17. The molecule has 2 aliphatic rings. The minimum absolute atomic E-state index is 0.298. The number of hydrogen-bond donors (Lipinski definition) is 1. The molecule has 0 bridgehead atoms. The molecule has 1 aliphatic carbocycles. The van der Waals surface area contributed by atoms with Crippen LogP contribution in [0.1, 0.15) is 12.8 Å². The van der Waals surface area contributed by atoms with Crippen molar-refractivity contribution in [2.24, 2.45) is 0 Å². The lowest BCUT2D eigenvalue weighted by Crippen LogP contribution is -2.54. The van der Waals surface area contributed by atoms with Gasteiger partial charge in [0.15, 0.2) is 0 Å². The van der Waals surface area contributed by atoms with Crippen molar-refractivity contribution in [3.8, 4) is 0 Å². The number of halogens is 1. The van der Waals surface area contributed by atoms with Crippen LogP contribution in [0.4, 0.5) is 5.95 Å². The van der Waals surface area contributed by atoms with E-state index >= 15 is 0 Å². The van der Waals surface area contributed by atoms with Gasteiger partial charge in [0.25, 0.3) is 0 Å². The van der Waals surface area contributed by atoms with Gasteiger partial charge in [-0.2, -0.15) is 0 Å². The first-order valence-corrected chi connectivity index (χ1v) is 5.64.